The number of amides is 1. The first-order valence-corrected chi connectivity index (χ1v) is 7.28. The second-order valence-electron chi connectivity index (χ2n) is 6.06. The molecule has 0 spiro atoms. The van der Waals surface area contributed by atoms with Crippen LogP contribution in [0, 0.1) is 11.8 Å². The molecule has 1 heterocycles. The normalized spacial score (nSPS) is 33.9. The van der Waals surface area contributed by atoms with Crippen LogP contribution >= 0.6 is 0 Å². The van der Waals surface area contributed by atoms with Gasteiger partial charge in [0, 0.05) is 24.9 Å². The van der Waals surface area contributed by atoms with Crippen molar-refractivity contribution in [2.45, 2.75) is 51.0 Å². The Labute approximate surface area is 110 Å². The van der Waals surface area contributed by atoms with E-state index in [1.54, 1.807) is 0 Å². The van der Waals surface area contributed by atoms with Gasteiger partial charge in [0.1, 0.15) is 0 Å². The Morgan fingerprint density at radius 2 is 2.28 bits per heavy atom. The molecule has 2 aliphatic rings. The highest BCUT2D eigenvalue weighted by atomic mass is 16.3. The second kappa shape index (κ2) is 5.57. The Morgan fingerprint density at radius 3 is 3.00 bits per heavy atom. The van der Waals surface area contributed by atoms with Gasteiger partial charge in [-0.3, -0.25) is 4.79 Å². The molecule has 2 rings (SSSR count). The van der Waals surface area contributed by atoms with Crippen molar-refractivity contribution in [1.82, 2.24) is 4.90 Å². The van der Waals surface area contributed by atoms with Gasteiger partial charge in [0.15, 0.2) is 0 Å². The summed E-state index contributed by atoms with van der Waals surface area (Å²) >= 11 is 0. The summed E-state index contributed by atoms with van der Waals surface area (Å²) in [6, 6.07) is 0. The van der Waals surface area contributed by atoms with E-state index in [2.05, 4.69) is 0 Å². The molecule has 1 aliphatic carbocycles. The molecule has 18 heavy (non-hydrogen) atoms. The summed E-state index contributed by atoms with van der Waals surface area (Å²) in [7, 11) is 0. The summed E-state index contributed by atoms with van der Waals surface area (Å²) in [5, 5.41) is 10.6. The Hall–Kier alpha value is -0.610. The van der Waals surface area contributed by atoms with Crippen molar-refractivity contribution < 1.29 is 9.90 Å². The number of hydrogen-bond donors (Lipinski definition) is 2. The highest BCUT2D eigenvalue weighted by Crippen LogP contribution is 2.40. The predicted octanol–water partition coefficient (Wildman–Crippen LogP) is 1.12. The molecule has 3 atom stereocenters. The molecular weight excluding hydrogens is 228 g/mol. The highest BCUT2D eigenvalue weighted by molar-refractivity contribution is 5.78. The van der Waals surface area contributed by atoms with Crippen molar-refractivity contribution in [3.63, 3.8) is 0 Å². The molecule has 1 saturated heterocycles. The lowest BCUT2D eigenvalue weighted by molar-refractivity contribution is -0.147. The van der Waals surface area contributed by atoms with E-state index in [0.29, 0.717) is 13.1 Å². The minimum atomic E-state index is -0.494. The highest BCUT2D eigenvalue weighted by Gasteiger charge is 2.43. The summed E-state index contributed by atoms with van der Waals surface area (Å²) < 4.78 is 0. The molecule has 1 amide bonds. The number of nitrogens with two attached hydrogens (primary N) is 1. The SMILES string of the molecule is CC(CCN)C(=O)N1CCC2(O)CCCCC2C1. The Kier molecular flexibility index (Phi) is 4.28. The molecule has 4 heteroatoms. The number of likely N-dealkylation sites (tertiary alicyclic amines) is 1. The molecule has 1 aliphatic heterocycles. The number of aliphatic hydroxyl groups is 1. The molecule has 0 aromatic rings. The average molecular weight is 254 g/mol. The van der Waals surface area contributed by atoms with E-state index in [1.807, 2.05) is 11.8 Å². The van der Waals surface area contributed by atoms with E-state index in [9.17, 15) is 9.90 Å². The topological polar surface area (TPSA) is 66.6 Å². The zero-order valence-corrected chi connectivity index (χ0v) is 11.4. The molecule has 0 aromatic heterocycles. The van der Waals surface area contributed by atoms with Crippen LogP contribution in [-0.2, 0) is 4.79 Å². The number of nitrogens with zero attached hydrogens (tertiary/aromatic N) is 1. The van der Waals surface area contributed by atoms with Crippen LogP contribution in [0.4, 0.5) is 0 Å². The molecule has 4 nitrogen and oxygen atoms in total. The monoisotopic (exact) mass is 254 g/mol. The summed E-state index contributed by atoms with van der Waals surface area (Å²) in [6.45, 7) is 3.97. The second-order valence-corrected chi connectivity index (χ2v) is 6.06. The minimum absolute atomic E-state index is 0.0183. The lowest BCUT2D eigenvalue weighted by atomic mass is 9.71. The Balaban J connectivity index is 1.96. The average Bonchev–Trinajstić information content (AvgIpc) is 2.37. The van der Waals surface area contributed by atoms with Crippen molar-refractivity contribution in [3.8, 4) is 0 Å². The number of hydrogen-bond acceptors (Lipinski definition) is 3. The van der Waals surface area contributed by atoms with Gasteiger partial charge in [0.05, 0.1) is 5.60 Å². The van der Waals surface area contributed by atoms with E-state index in [4.69, 9.17) is 5.73 Å². The number of rotatable bonds is 3. The van der Waals surface area contributed by atoms with Crippen LogP contribution in [0.15, 0.2) is 0 Å². The van der Waals surface area contributed by atoms with E-state index >= 15 is 0 Å². The third kappa shape index (κ3) is 2.69. The fourth-order valence-electron chi connectivity index (χ4n) is 3.46. The molecule has 1 saturated carbocycles. The smallest absolute Gasteiger partial charge is 0.225 e. The first-order valence-electron chi connectivity index (χ1n) is 7.28. The fraction of sp³-hybridized carbons (Fsp3) is 0.929. The van der Waals surface area contributed by atoms with Gasteiger partial charge in [-0.05, 0) is 32.2 Å². The maximum atomic E-state index is 12.3. The van der Waals surface area contributed by atoms with Gasteiger partial charge in [-0.15, -0.1) is 0 Å². The number of carbonyl (C=O) groups is 1. The molecule has 3 N–H and O–H groups in total. The van der Waals surface area contributed by atoms with Gasteiger partial charge in [-0.1, -0.05) is 19.8 Å². The maximum Gasteiger partial charge on any atom is 0.225 e. The first-order chi connectivity index (χ1) is 8.57. The van der Waals surface area contributed by atoms with Crippen LogP contribution in [0.3, 0.4) is 0 Å². The summed E-state index contributed by atoms with van der Waals surface area (Å²) in [5.74, 6) is 0.520. The minimum Gasteiger partial charge on any atom is -0.389 e. The number of carbonyl (C=O) groups excluding carboxylic acids is 1. The van der Waals surface area contributed by atoms with Crippen LogP contribution in [0.1, 0.15) is 45.4 Å². The molecular formula is C14H26N2O2. The fourth-order valence-corrected chi connectivity index (χ4v) is 3.46. The van der Waals surface area contributed by atoms with Crippen molar-refractivity contribution >= 4 is 5.91 Å². The summed E-state index contributed by atoms with van der Waals surface area (Å²) in [4.78, 5) is 14.2. The zero-order valence-electron chi connectivity index (χ0n) is 11.4. The van der Waals surface area contributed by atoms with Crippen molar-refractivity contribution in [2.24, 2.45) is 17.6 Å². The number of piperidine rings is 1. The summed E-state index contributed by atoms with van der Waals surface area (Å²) in [6.07, 6.45) is 5.80. The lowest BCUT2D eigenvalue weighted by Gasteiger charge is -2.47. The van der Waals surface area contributed by atoms with Crippen molar-refractivity contribution in [3.05, 3.63) is 0 Å². The van der Waals surface area contributed by atoms with Gasteiger partial charge < -0.3 is 15.7 Å². The molecule has 3 unspecified atom stereocenters. The van der Waals surface area contributed by atoms with Crippen LogP contribution in [-0.4, -0.2) is 41.1 Å². The van der Waals surface area contributed by atoms with Crippen LogP contribution in [0.25, 0.3) is 0 Å². The standard InChI is InChI=1S/C14H26N2O2/c1-11(5-8-15)13(17)16-9-7-14(18)6-3-2-4-12(14)10-16/h11-12,18H,2-10,15H2,1H3. The van der Waals surface area contributed by atoms with E-state index in [-0.39, 0.29) is 17.7 Å². The van der Waals surface area contributed by atoms with Crippen molar-refractivity contribution in [2.75, 3.05) is 19.6 Å². The van der Waals surface area contributed by atoms with Crippen molar-refractivity contribution in [1.29, 1.82) is 0 Å². The zero-order chi connectivity index (χ0) is 13.2. The van der Waals surface area contributed by atoms with Gasteiger partial charge in [0.2, 0.25) is 5.91 Å². The number of fused-ring (bicyclic) bond motifs is 1. The van der Waals surface area contributed by atoms with Gasteiger partial charge in [0.25, 0.3) is 0 Å². The maximum absolute atomic E-state index is 12.3. The Morgan fingerprint density at radius 1 is 1.50 bits per heavy atom. The predicted molar refractivity (Wildman–Crippen MR) is 70.9 cm³/mol. The third-order valence-corrected chi connectivity index (χ3v) is 4.76. The van der Waals surface area contributed by atoms with Crippen LogP contribution in [0.2, 0.25) is 0 Å². The largest absolute Gasteiger partial charge is 0.389 e. The van der Waals surface area contributed by atoms with E-state index in [0.717, 1.165) is 38.6 Å². The quantitative estimate of drug-likeness (QED) is 0.793. The Bertz CT molecular complexity index is 308. The molecule has 0 aromatic carbocycles. The molecule has 104 valence electrons. The van der Waals surface area contributed by atoms with Gasteiger partial charge >= 0.3 is 0 Å². The van der Waals surface area contributed by atoms with Crippen LogP contribution < -0.4 is 5.73 Å². The van der Waals surface area contributed by atoms with E-state index in [1.165, 1.54) is 6.42 Å². The molecule has 0 bridgehead atoms. The third-order valence-electron chi connectivity index (χ3n) is 4.76. The van der Waals surface area contributed by atoms with Gasteiger partial charge in [-0.2, -0.15) is 0 Å². The summed E-state index contributed by atoms with van der Waals surface area (Å²) in [5.41, 5.74) is 5.02. The lowest BCUT2D eigenvalue weighted by Crippen LogP contribution is -2.55. The molecule has 0 radical (unpaired) electrons. The van der Waals surface area contributed by atoms with Gasteiger partial charge in [-0.25, -0.2) is 0 Å². The first kappa shape index (κ1) is 13.8. The molecule has 2 fully saturated rings. The van der Waals surface area contributed by atoms with E-state index < -0.39 is 5.60 Å². The van der Waals surface area contributed by atoms with Crippen LogP contribution in [0.5, 0.6) is 0 Å².